The van der Waals surface area contributed by atoms with Gasteiger partial charge in [-0.1, -0.05) is 0 Å². The van der Waals surface area contributed by atoms with Crippen molar-refractivity contribution in [3.8, 4) is 0 Å². The third kappa shape index (κ3) is 1.75. The highest BCUT2D eigenvalue weighted by molar-refractivity contribution is 5.81. The molecule has 2 aromatic heterocycles. The molecule has 5 atom stereocenters. The fraction of sp³-hybridized carbons (Fsp3) is 0.667. The van der Waals surface area contributed by atoms with Crippen LogP contribution in [0.15, 0.2) is 12.7 Å². The van der Waals surface area contributed by atoms with Gasteiger partial charge in [-0.15, -0.1) is 0 Å². The minimum Gasteiger partial charge on any atom is -0.382 e. The summed E-state index contributed by atoms with van der Waals surface area (Å²) in [6.07, 6.45) is 3.20. The molecule has 3 fully saturated rings. The maximum absolute atomic E-state index is 6.41. The van der Waals surface area contributed by atoms with Crippen LogP contribution in [0.3, 0.4) is 0 Å². The molecule has 2 aliphatic heterocycles. The number of anilines is 1. The van der Waals surface area contributed by atoms with E-state index < -0.39 is 5.79 Å². The van der Waals surface area contributed by atoms with E-state index in [9.17, 15) is 0 Å². The molecule has 4 N–H and O–H groups in total. The summed E-state index contributed by atoms with van der Waals surface area (Å²) in [4.78, 5) is 12.6. The van der Waals surface area contributed by atoms with Gasteiger partial charge in [0.25, 0.3) is 0 Å². The first-order chi connectivity index (χ1) is 11.5. The van der Waals surface area contributed by atoms with Crippen molar-refractivity contribution in [2.45, 2.75) is 50.1 Å². The Labute approximate surface area is 138 Å². The summed E-state index contributed by atoms with van der Waals surface area (Å²) in [5.41, 5.74) is 12.6. The molecule has 24 heavy (non-hydrogen) atoms. The molecule has 1 spiro atoms. The SMILES string of the molecule is CC1(C)OC2[C@H](O1)[C@H](n1cnc3c(N)ncnc31)O[C@]21CC1CN. The number of rotatable bonds is 2. The van der Waals surface area contributed by atoms with Crippen LogP contribution < -0.4 is 11.5 Å². The van der Waals surface area contributed by atoms with Gasteiger partial charge in [-0.25, -0.2) is 15.0 Å². The Morgan fingerprint density at radius 1 is 1.25 bits per heavy atom. The van der Waals surface area contributed by atoms with Crippen LogP contribution in [0, 0.1) is 5.92 Å². The van der Waals surface area contributed by atoms with E-state index in [-0.39, 0.29) is 30.0 Å². The first-order valence-corrected chi connectivity index (χ1v) is 8.12. The molecule has 2 aromatic rings. The van der Waals surface area contributed by atoms with Crippen molar-refractivity contribution in [1.82, 2.24) is 19.5 Å². The van der Waals surface area contributed by atoms with E-state index >= 15 is 0 Å². The second-order valence-electron chi connectivity index (χ2n) is 7.20. The highest BCUT2D eigenvalue weighted by Gasteiger charge is 2.73. The minimum atomic E-state index is -0.656. The molecule has 3 aliphatic rings. The zero-order chi connectivity index (χ0) is 16.7. The highest BCUT2D eigenvalue weighted by atomic mass is 16.8. The molecule has 2 unspecified atom stereocenters. The quantitative estimate of drug-likeness (QED) is 0.798. The Kier molecular flexibility index (Phi) is 2.68. The lowest BCUT2D eigenvalue weighted by Gasteiger charge is -2.25. The highest BCUT2D eigenvalue weighted by Crippen LogP contribution is 2.61. The molecule has 0 amide bonds. The van der Waals surface area contributed by atoms with Gasteiger partial charge in [-0.05, 0) is 26.8 Å². The molecule has 9 nitrogen and oxygen atoms in total. The molecule has 128 valence electrons. The fourth-order valence-electron chi connectivity index (χ4n) is 4.11. The summed E-state index contributed by atoms with van der Waals surface area (Å²) in [5, 5.41) is 0. The molecule has 0 radical (unpaired) electrons. The maximum Gasteiger partial charge on any atom is 0.167 e. The van der Waals surface area contributed by atoms with Gasteiger partial charge in [0.15, 0.2) is 23.5 Å². The molecule has 2 saturated heterocycles. The average molecular weight is 332 g/mol. The van der Waals surface area contributed by atoms with Crippen molar-refractivity contribution < 1.29 is 14.2 Å². The molecule has 9 heteroatoms. The monoisotopic (exact) mass is 332 g/mol. The lowest BCUT2D eigenvalue weighted by molar-refractivity contribution is -0.203. The van der Waals surface area contributed by atoms with Gasteiger partial charge in [0, 0.05) is 5.92 Å². The average Bonchev–Trinajstić information content (AvgIpc) is 2.78. The first-order valence-electron chi connectivity index (χ1n) is 8.12. The van der Waals surface area contributed by atoms with Crippen LogP contribution in [0.4, 0.5) is 5.82 Å². The zero-order valence-corrected chi connectivity index (χ0v) is 13.5. The number of ether oxygens (including phenoxy) is 3. The second-order valence-corrected chi connectivity index (χ2v) is 7.20. The first kappa shape index (κ1) is 14.5. The summed E-state index contributed by atoms with van der Waals surface area (Å²) < 4.78 is 20.6. The van der Waals surface area contributed by atoms with E-state index in [1.54, 1.807) is 6.33 Å². The van der Waals surface area contributed by atoms with Crippen LogP contribution in [-0.4, -0.2) is 49.7 Å². The third-order valence-corrected chi connectivity index (χ3v) is 5.27. The number of nitrogens with two attached hydrogens (primary N) is 2. The standard InChI is InChI=1S/C15H20N6O3/c1-14(2)22-9-10(23-14)15(3-7(15)4-16)24-13(9)21-6-20-8-11(17)18-5-19-12(8)21/h5-7,9-10,13H,3-4,16H2,1-2H3,(H2,17,18,19)/t7?,9-,10?,13+,15-/m0/s1. The smallest absolute Gasteiger partial charge is 0.167 e. The topological polar surface area (TPSA) is 123 Å². The molecule has 0 aromatic carbocycles. The summed E-state index contributed by atoms with van der Waals surface area (Å²) in [5.74, 6) is -0.0311. The van der Waals surface area contributed by atoms with Crippen LogP contribution in [-0.2, 0) is 14.2 Å². The maximum atomic E-state index is 6.41. The van der Waals surface area contributed by atoms with Gasteiger partial charge in [-0.2, -0.15) is 0 Å². The van der Waals surface area contributed by atoms with Gasteiger partial charge in [0.2, 0.25) is 0 Å². The third-order valence-electron chi connectivity index (χ3n) is 5.27. The van der Waals surface area contributed by atoms with E-state index in [4.69, 9.17) is 25.7 Å². The molecule has 4 heterocycles. The molecule has 1 aliphatic carbocycles. The minimum absolute atomic E-state index is 0.150. The predicted molar refractivity (Wildman–Crippen MR) is 83.6 cm³/mol. The number of hydrogen-bond acceptors (Lipinski definition) is 8. The fourth-order valence-corrected chi connectivity index (χ4v) is 4.11. The number of fused-ring (bicyclic) bond motifs is 3. The van der Waals surface area contributed by atoms with Crippen molar-refractivity contribution in [2.75, 3.05) is 12.3 Å². The van der Waals surface area contributed by atoms with Gasteiger partial charge in [0.1, 0.15) is 29.7 Å². The second kappa shape index (κ2) is 4.42. The normalized spacial score (nSPS) is 39.6. The Balaban J connectivity index is 1.59. The largest absolute Gasteiger partial charge is 0.382 e. The molecule has 1 saturated carbocycles. The van der Waals surface area contributed by atoms with Crippen LogP contribution in [0.5, 0.6) is 0 Å². The predicted octanol–water partition coefficient (Wildman–Crippen LogP) is 0.175. The zero-order valence-electron chi connectivity index (χ0n) is 13.5. The van der Waals surface area contributed by atoms with Crippen molar-refractivity contribution in [2.24, 2.45) is 11.7 Å². The number of nitrogens with zero attached hydrogens (tertiary/aromatic N) is 4. The van der Waals surface area contributed by atoms with Crippen LogP contribution in [0.25, 0.3) is 11.2 Å². The van der Waals surface area contributed by atoms with Crippen LogP contribution >= 0.6 is 0 Å². The Hall–Kier alpha value is -1.81. The lowest BCUT2D eigenvalue weighted by atomic mass is 10.1. The van der Waals surface area contributed by atoms with E-state index in [0.29, 0.717) is 23.5 Å². The van der Waals surface area contributed by atoms with Gasteiger partial charge >= 0.3 is 0 Å². The molecule has 0 bridgehead atoms. The number of nitrogen functional groups attached to an aromatic ring is 1. The van der Waals surface area contributed by atoms with E-state index in [2.05, 4.69) is 15.0 Å². The Morgan fingerprint density at radius 3 is 2.83 bits per heavy atom. The van der Waals surface area contributed by atoms with E-state index in [1.165, 1.54) is 6.33 Å². The summed E-state index contributed by atoms with van der Waals surface area (Å²) in [6, 6.07) is 0. The van der Waals surface area contributed by atoms with Gasteiger partial charge in [0.05, 0.1) is 6.33 Å². The van der Waals surface area contributed by atoms with Crippen LogP contribution in [0.1, 0.15) is 26.5 Å². The summed E-state index contributed by atoms with van der Waals surface area (Å²) >= 11 is 0. The number of hydrogen-bond donors (Lipinski definition) is 2. The van der Waals surface area contributed by atoms with Crippen molar-refractivity contribution >= 4 is 17.0 Å². The molecule has 5 rings (SSSR count). The summed E-state index contributed by atoms with van der Waals surface area (Å²) in [6.45, 7) is 4.41. The van der Waals surface area contributed by atoms with E-state index in [1.807, 2.05) is 18.4 Å². The van der Waals surface area contributed by atoms with Crippen molar-refractivity contribution in [3.05, 3.63) is 12.7 Å². The number of imidazole rings is 1. The Bertz CT molecular complexity index is 823. The summed E-state index contributed by atoms with van der Waals surface area (Å²) in [7, 11) is 0. The van der Waals surface area contributed by atoms with Crippen LogP contribution in [0.2, 0.25) is 0 Å². The van der Waals surface area contributed by atoms with Gasteiger partial charge < -0.3 is 25.7 Å². The lowest BCUT2D eigenvalue weighted by Crippen LogP contribution is -2.34. The van der Waals surface area contributed by atoms with E-state index in [0.717, 1.165) is 6.42 Å². The molecular formula is C15H20N6O3. The van der Waals surface area contributed by atoms with Crippen molar-refractivity contribution in [3.63, 3.8) is 0 Å². The van der Waals surface area contributed by atoms with Crippen molar-refractivity contribution in [1.29, 1.82) is 0 Å². The number of aromatic nitrogens is 4. The van der Waals surface area contributed by atoms with Gasteiger partial charge in [-0.3, -0.25) is 4.57 Å². The Morgan fingerprint density at radius 2 is 2.08 bits per heavy atom. The molecular weight excluding hydrogens is 312 g/mol.